The standard InChI is InChI=1S/C18H16ClN3O3S/c1-22(16-7-4-13(19)11-20-16)8-9-25-14-5-2-12(3-6-14)10-15-17(23)21-18(24)26-15/h2-7,10-11H,8-9H2,1H3,(H,21,23,24)/b15-10-. The maximum Gasteiger partial charge on any atom is 0.290 e. The molecule has 1 fully saturated rings. The molecule has 1 aromatic heterocycles. The zero-order valence-electron chi connectivity index (χ0n) is 13.9. The van der Waals surface area contributed by atoms with Crippen LogP contribution in [0.5, 0.6) is 5.75 Å². The van der Waals surface area contributed by atoms with Gasteiger partial charge in [-0.3, -0.25) is 14.9 Å². The Kier molecular flexibility index (Phi) is 5.80. The fraction of sp³-hybridized carbons (Fsp3) is 0.167. The molecule has 6 nitrogen and oxygen atoms in total. The summed E-state index contributed by atoms with van der Waals surface area (Å²) in [4.78, 5) is 29.3. The highest BCUT2D eigenvalue weighted by atomic mass is 35.5. The molecule has 0 atom stereocenters. The number of aromatic nitrogens is 1. The van der Waals surface area contributed by atoms with Crippen LogP contribution in [0.2, 0.25) is 5.02 Å². The number of thioether (sulfide) groups is 1. The lowest BCUT2D eigenvalue weighted by molar-refractivity contribution is -0.115. The van der Waals surface area contributed by atoms with Gasteiger partial charge in [0.2, 0.25) is 0 Å². The number of hydrogen-bond donors (Lipinski definition) is 1. The van der Waals surface area contributed by atoms with Crippen LogP contribution in [-0.4, -0.2) is 36.3 Å². The van der Waals surface area contributed by atoms with E-state index in [0.717, 1.165) is 28.9 Å². The monoisotopic (exact) mass is 389 g/mol. The Hall–Kier alpha value is -2.51. The van der Waals surface area contributed by atoms with Crippen molar-refractivity contribution in [3.63, 3.8) is 0 Å². The van der Waals surface area contributed by atoms with Gasteiger partial charge < -0.3 is 9.64 Å². The summed E-state index contributed by atoms with van der Waals surface area (Å²) in [6.45, 7) is 1.16. The van der Waals surface area contributed by atoms with E-state index in [1.807, 2.05) is 42.3 Å². The van der Waals surface area contributed by atoms with Gasteiger partial charge in [0, 0.05) is 13.2 Å². The van der Waals surface area contributed by atoms with Gasteiger partial charge in [-0.1, -0.05) is 23.7 Å². The number of carbonyl (C=O) groups excluding carboxylic acids is 2. The first-order valence-electron chi connectivity index (χ1n) is 7.82. The number of ether oxygens (including phenoxy) is 1. The molecule has 0 bridgehead atoms. The highest BCUT2D eigenvalue weighted by Crippen LogP contribution is 2.26. The van der Waals surface area contributed by atoms with E-state index in [1.54, 1.807) is 18.3 Å². The number of benzene rings is 1. The summed E-state index contributed by atoms with van der Waals surface area (Å²) in [5, 5.41) is 2.48. The zero-order chi connectivity index (χ0) is 18.5. The smallest absolute Gasteiger partial charge is 0.290 e. The summed E-state index contributed by atoms with van der Waals surface area (Å²) in [6, 6.07) is 11.0. The summed E-state index contributed by atoms with van der Waals surface area (Å²) < 4.78 is 5.73. The van der Waals surface area contributed by atoms with Crippen molar-refractivity contribution >= 4 is 46.4 Å². The van der Waals surface area contributed by atoms with E-state index in [1.165, 1.54) is 0 Å². The molecule has 0 radical (unpaired) electrons. The van der Waals surface area contributed by atoms with Gasteiger partial charge in [-0.2, -0.15) is 0 Å². The van der Waals surface area contributed by atoms with Crippen LogP contribution < -0.4 is 15.0 Å². The molecule has 1 aliphatic rings. The van der Waals surface area contributed by atoms with E-state index < -0.39 is 0 Å². The highest BCUT2D eigenvalue weighted by Gasteiger charge is 2.24. The number of halogens is 1. The van der Waals surface area contributed by atoms with Crippen molar-refractivity contribution in [1.82, 2.24) is 10.3 Å². The van der Waals surface area contributed by atoms with Crippen LogP contribution in [0.15, 0.2) is 47.5 Å². The van der Waals surface area contributed by atoms with Crippen LogP contribution in [0.1, 0.15) is 5.56 Å². The molecule has 0 saturated carbocycles. The highest BCUT2D eigenvalue weighted by molar-refractivity contribution is 8.18. The molecule has 1 aliphatic heterocycles. The first kappa shape index (κ1) is 18.3. The van der Waals surface area contributed by atoms with E-state index in [9.17, 15) is 9.59 Å². The van der Waals surface area contributed by atoms with E-state index in [0.29, 0.717) is 23.1 Å². The van der Waals surface area contributed by atoms with Crippen LogP contribution >= 0.6 is 23.4 Å². The van der Waals surface area contributed by atoms with Crippen LogP contribution in [0, 0.1) is 0 Å². The Labute approximate surface area is 160 Å². The number of hydrogen-bond acceptors (Lipinski definition) is 6. The van der Waals surface area contributed by atoms with Gasteiger partial charge in [0.05, 0.1) is 16.5 Å². The van der Waals surface area contributed by atoms with E-state index in [-0.39, 0.29) is 11.1 Å². The van der Waals surface area contributed by atoms with Crippen LogP contribution in [-0.2, 0) is 4.79 Å². The topological polar surface area (TPSA) is 71.5 Å². The van der Waals surface area contributed by atoms with Crippen molar-refractivity contribution in [2.75, 3.05) is 25.1 Å². The molecule has 2 amide bonds. The molecule has 2 aromatic rings. The molecular formula is C18H16ClN3O3S. The molecule has 1 N–H and O–H groups in total. The normalized spacial score (nSPS) is 15.2. The Morgan fingerprint density at radius 1 is 1.23 bits per heavy atom. The fourth-order valence-electron chi connectivity index (χ4n) is 2.24. The van der Waals surface area contributed by atoms with Gasteiger partial charge in [0.15, 0.2) is 0 Å². The second-order valence-electron chi connectivity index (χ2n) is 5.53. The molecule has 0 spiro atoms. The Morgan fingerprint density at radius 3 is 2.62 bits per heavy atom. The average molecular weight is 390 g/mol. The van der Waals surface area contributed by atoms with Crippen molar-refractivity contribution in [2.45, 2.75) is 0 Å². The molecule has 1 aromatic carbocycles. The van der Waals surface area contributed by atoms with Crippen LogP contribution in [0.4, 0.5) is 10.6 Å². The molecular weight excluding hydrogens is 374 g/mol. The molecule has 0 aliphatic carbocycles. The average Bonchev–Trinajstić information content (AvgIpc) is 2.94. The molecule has 134 valence electrons. The zero-order valence-corrected chi connectivity index (χ0v) is 15.5. The second kappa shape index (κ2) is 8.25. The second-order valence-corrected chi connectivity index (χ2v) is 6.98. The molecule has 2 heterocycles. The lowest BCUT2D eigenvalue weighted by atomic mass is 10.2. The number of imide groups is 1. The van der Waals surface area contributed by atoms with Gasteiger partial charge in [0.1, 0.15) is 18.2 Å². The number of amides is 2. The third-order valence-electron chi connectivity index (χ3n) is 3.62. The quantitative estimate of drug-likeness (QED) is 0.761. The lowest BCUT2D eigenvalue weighted by Gasteiger charge is -2.18. The van der Waals surface area contributed by atoms with E-state index in [4.69, 9.17) is 16.3 Å². The first-order valence-corrected chi connectivity index (χ1v) is 9.01. The summed E-state index contributed by atoms with van der Waals surface area (Å²) in [5.74, 6) is 1.19. The molecule has 1 saturated heterocycles. The summed E-state index contributed by atoms with van der Waals surface area (Å²) >= 11 is 6.73. The number of likely N-dealkylation sites (N-methyl/N-ethyl adjacent to an activating group) is 1. The molecule has 0 unspecified atom stereocenters. The van der Waals surface area contributed by atoms with Gasteiger partial charge in [-0.05, 0) is 47.7 Å². The van der Waals surface area contributed by atoms with Gasteiger partial charge in [-0.25, -0.2) is 4.98 Å². The maximum absolute atomic E-state index is 11.5. The van der Waals surface area contributed by atoms with Crippen LogP contribution in [0.25, 0.3) is 6.08 Å². The molecule has 3 rings (SSSR count). The third-order valence-corrected chi connectivity index (χ3v) is 4.65. The Morgan fingerprint density at radius 2 is 2.00 bits per heavy atom. The Bertz CT molecular complexity index is 838. The summed E-state index contributed by atoms with van der Waals surface area (Å²) in [7, 11) is 1.93. The van der Waals surface area contributed by atoms with Crippen molar-refractivity contribution in [2.24, 2.45) is 0 Å². The predicted octanol–water partition coefficient (Wildman–Crippen LogP) is 3.57. The third kappa shape index (κ3) is 4.77. The van der Waals surface area contributed by atoms with Crippen LogP contribution in [0.3, 0.4) is 0 Å². The minimum Gasteiger partial charge on any atom is -0.492 e. The first-order chi connectivity index (χ1) is 12.5. The summed E-state index contributed by atoms with van der Waals surface area (Å²) in [5.41, 5.74) is 0.826. The fourth-order valence-corrected chi connectivity index (χ4v) is 3.04. The Balaban J connectivity index is 1.51. The van der Waals surface area contributed by atoms with E-state index >= 15 is 0 Å². The van der Waals surface area contributed by atoms with E-state index in [2.05, 4.69) is 10.3 Å². The van der Waals surface area contributed by atoms with Gasteiger partial charge >= 0.3 is 0 Å². The van der Waals surface area contributed by atoms with Gasteiger partial charge in [-0.15, -0.1) is 0 Å². The minimum absolute atomic E-state index is 0.347. The summed E-state index contributed by atoms with van der Waals surface area (Å²) in [6.07, 6.45) is 3.28. The van der Waals surface area contributed by atoms with Crippen molar-refractivity contribution in [3.8, 4) is 5.75 Å². The number of pyridine rings is 1. The minimum atomic E-state index is -0.362. The van der Waals surface area contributed by atoms with Crippen molar-refractivity contribution in [3.05, 3.63) is 58.1 Å². The molecule has 8 heteroatoms. The number of anilines is 1. The number of rotatable bonds is 6. The SMILES string of the molecule is CN(CCOc1ccc(/C=C2\SC(=O)NC2=O)cc1)c1ccc(Cl)cn1. The number of carbonyl (C=O) groups is 2. The predicted molar refractivity (Wildman–Crippen MR) is 104 cm³/mol. The number of nitrogens with zero attached hydrogens (tertiary/aromatic N) is 2. The van der Waals surface area contributed by atoms with Crippen molar-refractivity contribution < 1.29 is 14.3 Å². The lowest BCUT2D eigenvalue weighted by Crippen LogP contribution is -2.24. The maximum atomic E-state index is 11.5. The molecule has 26 heavy (non-hydrogen) atoms. The largest absolute Gasteiger partial charge is 0.492 e. The number of nitrogens with one attached hydrogen (secondary N) is 1. The van der Waals surface area contributed by atoms with Gasteiger partial charge in [0.25, 0.3) is 11.1 Å². The van der Waals surface area contributed by atoms with Crippen molar-refractivity contribution in [1.29, 1.82) is 0 Å².